The van der Waals surface area contributed by atoms with Gasteiger partial charge in [0, 0.05) is 30.1 Å². The summed E-state index contributed by atoms with van der Waals surface area (Å²) in [7, 11) is 0. The van der Waals surface area contributed by atoms with Crippen molar-refractivity contribution in [2.45, 2.75) is 45.1 Å². The van der Waals surface area contributed by atoms with Crippen LogP contribution in [0.4, 0.5) is 0 Å². The van der Waals surface area contributed by atoms with E-state index in [1.165, 1.54) is 60.2 Å². The lowest BCUT2D eigenvalue weighted by molar-refractivity contribution is 0.0702. The molecule has 0 spiro atoms. The predicted molar refractivity (Wildman–Crippen MR) is 137 cm³/mol. The maximum Gasteiger partial charge on any atom is 0.346 e. The average Bonchev–Trinajstić information content (AvgIpc) is 3.32. The zero-order valence-corrected chi connectivity index (χ0v) is 19.8. The Morgan fingerprint density at radius 1 is 0.970 bits per heavy atom. The minimum Gasteiger partial charge on any atom is -0.477 e. The highest BCUT2D eigenvalue weighted by atomic mass is 32.1. The van der Waals surface area contributed by atoms with Crippen LogP contribution in [-0.2, 0) is 6.54 Å². The van der Waals surface area contributed by atoms with Gasteiger partial charge in [0.2, 0.25) is 0 Å². The molecule has 2 aromatic carbocycles. The van der Waals surface area contributed by atoms with Crippen molar-refractivity contribution < 1.29 is 9.90 Å². The van der Waals surface area contributed by atoms with Gasteiger partial charge in [-0.05, 0) is 53.5 Å². The van der Waals surface area contributed by atoms with E-state index in [9.17, 15) is 9.90 Å². The van der Waals surface area contributed by atoms with E-state index in [0.29, 0.717) is 10.8 Å². The monoisotopic (exact) mass is 457 g/mol. The molecule has 0 radical (unpaired) electrons. The third kappa shape index (κ3) is 4.97. The molecular weight excluding hydrogens is 426 g/mol. The molecule has 170 valence electrons. The summed E-state index contributed by atoms with van der Waals surface area (Å²) in [5, 5.41) is 10.1. The summed E-state index contributed by atoms with van der Waals surface area (Å²) in [6.07, 6.45) is 7.27. The molecule has 1 N–H and O–H groups in total. The maximum absolute atomic E-state index is 12.3. The third-order valence-corrected chi connectivity index (χ3v) is 8.29. The number of nitrogens with zero attached hydrogens (tertiary/aromatic N) is 1. The molecule has 1 fully saturated rings. The number of thiophene rings is 1. The Labute approximate surface area is 200 Å². The van der Waals surface area contributed by atoms with E-state index in [2.05, 4.69) is 53.4 Å². The lowest BCUT2D eigenvalue weighted by Crippen LogP contribution is -2.34. The van der Waals surface area contributed by atoms with E-state index in [0.717, 1.165) is 42.1 Å². The summed E-state index contributed by atoms with van der Waals surface area (Å²) in [6.45, 7) is 2.87. The molecule has 3 aromatic rings. The van der Waals surface area contributed by atoms with Crippen LogP contribution in [0.3, 0.4) is 0 Å². The number of carboxylic acids is 1. The first-order valence-electron chi connectivity index (χ1n) is 12.1. The molecule has 2 aliphatic rings. The second-order valence-corrected chi connectivity index (χ2v) is 10.4. The van der Waals surface area contributed by atoms with Gasteiger partial charge >= 0.3 is 5.97 Å². The fourth-order valence-electron chi connectivity index (χ4n) is 5.48. The van der Waals surface area contributed by atoms with Crippen LogP contribution in [0.2, 0.25) is 0 Å². The van der Waals surface area contributed by atoms with Crippen LogP contribution >= 0.6 is 11.3 Å². The molecule has 1 aromatic heterocycles. The van der Waals surface area contributed by atoms with Crippen molar-refractivity contribution in [1.82, 2.24) is 4.90 Å². The smallest absolute Gasteiger partial charge is 0.346 e. The van der Waals surface area contributed by atoms with Gasteiger partial charge in [0.1, 0.15) is 4.88 Å². The Hall–Kier alpha value is -2.69. The van der Waals surface area contributed by atoms with E-state index in [-0.39, 0.29) is 0 Å². The van der Waals surface area contributed by atoms with Crippen molar-refractivity contribution in [2.75, 3.05) is 13.1 Å². The number of benzene rings is 2. The van der Waals surface area contributed by atoms with Crippen LogP contribution in [0, 0.1) is 5.92 Å². The lowest BCUT2D eigenvalue weighted by atomic mass is 9.78. The minimum absolute atomic E-state index is 0.494. The summed E-state index contributed by atoms with van der Waals surface area (Å²) in [5.74, 6) is -0.228. The van der Waals surface area contributed by atoms with Crippen molar-refractivity contribution in [2.24, 2.45) is 5.92 Å². The van der Waals surface area contributed by atoms with Crippen LogP contribution in [0.5, 0.6) is 0 Å². The van der Waals surface area contributed by atoms with E-state index < -0.39 is 5.97 Å². The minimum atomic E-state index is -0.806. The summed E-state index contributed by atoms with van der Waals surface area (Å²) < 4.78 is 0. The quantitative estimate of drug-likeness (QED) is 0.420. The first-order chi connectivity index (χ1) is 16.2. The largest absolute Gasteiger partial charge is 0.477 e. The Bertz CT molecular complexity index is 1130. The van der Waals surface area contributed by atoms with E-state index >= 15 is 0 Å². The molecule has 33 heavy (non-hydrogen) atoms. The van der Waals surface area contributed by atoms with Gasteiger partial charge in [-0.3, -0.25) is 4.90 Å². The van der Waals surface area contributed by atoms with E-state index in [1.54, 1.807) is 0 Å². The van der Waals surface area contributed by atoms with Gasteiger partial charge in [0.15, 0.2) is 0 Å². The maximum atomic E-state index is 12.3. The number of rotatable bonds is 6. The molecular formula is C29H31NO2S. The Morgan fingerprint density at radius 3 is 2.36 bits per heavy atom. The fraction of sp³-hybridized carbons (Fsp3) is 0.345. The molecule has 0 amide bonds. The number of hydrogen-bond donors (Lipinski definition) is 1. The lowest BCUT2D eigenvalue weighted by Gasteiger charge is -2.36. The Kier molecular flexibility index (Phi) is 6.75. The normalized spacial score (nSPS) is 17.9. The molecule has 2 heterocycles. The van der Waals surface area contributed by atoms with Gasteiger partial charge < -0.3 is 5.11 Å². The zero-order chi connectivity index (χ0) is 22.6. The van der Waals surface area contributed by atoms with Crippen molar-refractivity contribution >= 4 is 22.9 Å². The molecule has 5 rings (SSSR count). The predicted octanol–water partition coefficient (Wildman–Crippen LogP) is 7.35. The van der Waals surface area contributed by atoms with Gasteiger partial charge in [-0.25, -0.2) is 4.79 Å². The second kappa shape index (κ2) is 10.1. The van der Waals surface area contributed by atoms with Crippen LogP contribution in [-0.4, -0.2) is 29.1 Å². The van der Waals surface area contributed by atoms with Crippen molar-refractivity contribution in [3.05, 3.63) is 88.3 Å². The second-order valence-electron chi connectivity index (χ2n) is 9.31. The SMILES string of the molecule is O=C(O)c1sc(-c2ccccc2)cc1C1=C(C2CCCCC2)CN(Cc2ccccc2)CC1. The molecule has 4 heteroatoms. The van der Waals surface area contributed by atoms with Crippen LogP contribution in [0.1, 0.15) is 59.3 Å². The van der Waals surface area contributed by atoms with Crippen molar-refractivity contribution in [3.8, 4) is 10.4 Å². The van der Waals surface area contributed by atoms with Gasteiger partial charge in [-0.15, -0.1) is 11.3 Å². The van der Waals surface area contributed by atoms with Gasteiger partial charge in [0.25, 0.3) is 0 Å². The molecule has 3 nitrogen and oxygen atoms in total. The molecule has 0 saturated heterocycles. The molecule has 0 unspecified atom stereocenters. The zero-order valence-electron chi connectivity index (χ0n) is 19.0. The third-order valence-electron chi connectivity index (χ3n) is 7.12. The van der Waals surface area contributed by atoms with Crippen molar-refractivity contribution in [1.29, 1.82) is 0 Å². The Balaban J connectivity index is 1.53. The van der Waals surface area contributed by atoms with Gasteiger partial charge in [-0.1, -0.05) is 79.9 Å². The number of aromatic carboxylic acids is 1. The molecule has 0 bridgehead atoms. The number of hydrogen-bond acceptors (Lipinski definition) is 3. The molecule has 1 saturated carbocycles. The number of carboxylic acid groups (broad SMARTS) is 1. The summed E-state index contributed by atoms with van der Waals surface area (Å²) in [5.41, 5.74) is 6.21. The molecule has 1 aliphatic carbocycles. The highest BCUT2D eigenvalue weighted by molar-refractivity contribution is 7.17. The van der Waals surface area contributed by atoms with E-state index in [1.807, 2.05) is 18.2 Å². The first kappa shape index (κ1) is 22.1. The highest BCUT2D eigenvalue weighted by Gasteiger charge is 2.30. The Morgan fingerprint density at radius 2 is 1.67 bits per heavy atom. The molecule has 0 atom stereocenters. The fourth-order valence-corrected chi connectivity index (χ4v) is 6.51. The number of carbonyl (C=O) groups is 1. The van der Waals surface area contributed by atoms with Crippen LogP contribution in [0.25, 0.3) is 16.0 Å². The van der Waals surface area contributed by atoms with Crippen LogP contribution < -0.4 is 0 Å². The molecule has 1 aliphatic heterocycles. The average molecular weight is 458 g/mol. The summed E-state index contributed by atoms with van der Waals surface area (Å²) >= 11 is 1.42. The standard InChI is InChI=1S/C29H31NO2S/c31-29(32)28-25(18-27(33-28)23-14-8-3-9-15-23)24-16-17-30(19-21-10-4-1-5-11-21)20-26(24)22-12-6-2-7-13-22/h1,3-5,8-11,14-15,18,22H,2,6-7,12-13,16-17,19-20H2,(H,31,32). The van der Waals surface area contributed by atoms with Crippen LogP contribution in [0.15, 0.2) is 72.3 Å². The topological polar surface area (TPSA) is 40.5 Å². The van der Waals surface area contributed by atoms with Crippen molar-refractivity contribution in [3.63, 3.8) is 0 Å². The summed E-state index contributed by atoms with van der Waals surface area (Å²) in [4.78, 5) is 16.4. The van der Waals surface area contributed by atoms with Gasteiger partial charge in [0.05, 0.1) is 0 Å². The summed E-state index contributed by atoms with van der Waals surface area (Å²) in [6, 6.07) is 23.0. The van der Waals surface area contributed by atoms with Gasteiger partial charge in [-0.2, -0.15) is 0 Å². The highest BCUT2D eigenvalue weighted by Crippen LogP contribution is 2.43. The van der Waals surface area contributed by atoms with E-state index in [4.69, 9.17) is 0 Å². The first-order valence-corrected chi connectivity index (χ1v) is 12.9.